The Morgan fingerprint density at radius 2 is 1.95 bits per heavy atom. The molecule has 1 aliphatic heterocycles. The highest BCUT2D eigenvalue weighted by molar-refractivity contribution is 5.79. The fourth-order valence-electron chi connectivity index (χ4n) is 2.55. The molecule has 1 aromatic rings. The maximum absolute atomic E-state index is 12.9. The van der Waals surface area contributed by atoms with E-state index < -0.39 is 17.8 Å². The van der Waals surface area contributed by atoms with Crippen molar-refractivity contribution in [2.75, 3.05) is 13.1 Å². The summed E-state index contributed by atoms with van der Waals surface area (Å²) in [5.74, 6) is -0.319. The number of alkyl halides is 3. The minimum absolute atomic E-state index is 0.000189. The van der Waals surface area contributed by atoms with Crippen molar-refractivity contribution >= 4 is 5.91 Å². The van der Waals surface area contributed by atoms with Gasteiger partial charge in [0.05, 0.1) is 18.1 Å². The first-order valence-corrected chi connectivity index (χ1v) is 6.99. The largest absolute Gasteiger partial charge is 0.416 e. The SMILES string of the molecule is O=C(Cc1ccccc1C(F)(F)F)N1CCCC(O)CC1. The third-order valence-corrected chi connectivity index (χ3v) is 3.71. The lowest BCUT2D eigenvalue weighted by Crippen LogP contribution is -2.33. The summed E-state index contributed by atoms with van der Waals surface area (Å²) in [6, 6.07) is 5.16. The quantitative estimate of drug-likeness (QED) is 0.912. The van der Waals surface area contributed by atoms with E-state index in [2.05, 4.69) is 0 Å². The lowest BCUT2D eigenvalue weighted by Gasteiger charge is -2.21. The second-order valence-corrected chi connectivity index (χ2v) is 5.30. The number of carbonyl (C=O) groups is 1. The number of amides is 1. The highest BCUT2D eigenvalue weighted by Gasteiger charge is 2.33. The summed E-state index contributed by atoms with van der Waals surface area (Å²) >= 11 is 0. The Hall–Kier alpha value is -1.56. The predicted molar refractivity (Wildman–Crippen MR) is 71.6 cm³/mol. The van der Waals surface area contributed by atoms with Gasteiger partial charge in [-0.1, -0.05) is 18.2 Å². The molecule has 6 heteroatoms. The topological polar surface area (TPSA) is 40.5 Å². The Morgan fingerprint density at radius 1 is 1.24 bits per heavy atom. The first-order chi connectivity index (χ1) is 9.88. The Labute approximate surface area is 121 Å². The van der Waals surface area contributed by atoms with E-state index in [9.17, 15) is 23.1 Å². The van der Waals surface area contributed by atoms with Gasteiger partial charge in [0, 0.05) is 13.1 Å². The van der Waals surface area contributed by atoms with Crippen molar-refractivity contribution in [3.05, 3.63) is 35.4 Å². The Morgan fingerprint density at radius 3 is 2.67 bits per heavy atom. The van der Waals surface area contributed by atoms with Crippen LogP contribution in [0.25, 0.3) is 0 Å². The first-order valence-electron chi connectivity index (χ1n) is 6.99. The molecule has 0 bridgehead atoms. The van der Waals surface area contributed by atoms with Crippen LogP contribution in [-0.4, -0.2) is 35.1 Å². The smallest absolute Gasteiger partial charge is 0.393 e. The van der Waals surface area contributed by atoms with Crippen LogP contribution < -0.4 is 0 Å². The Balaban J connectivity index is 2.09. The molecule has 116 valence electrons. The summed E-state index contributed by atoms with van der Waals surface area (Å²) in [7, 11) is 0. The van der Waals surface area contributed by atoms with Gasteiger partial charge in [-0.25, -0.2) is 0 Å². The molecule has 1 heterocycles. The minimum atomic E-state index is -4.45. The van der Waals surface area contributed by atoms with E-state index in [1.807, 2.05) is 0 Å². The second-order valence-electron chi connectivity index (χ2n) is 5.30. The summed E-state index contributed by atoms with van der Waals surface area (Å²) < 4.78 is 38.7. The third-order valence-electron chi connectivity index (χ3n) is 3.71. The number of halogens is 3. The molecular weight excluding hydrogens is 283 g/mol. The molecule has 2 rings (SSSR count). The summed E-state index contributed by atoms with van der Waals surface area (Å²) in [6.07, 6.45) is -3.36. The van der Waals surface area contributed by atoms with Crippen LogP contribution in [0.3, 0.4) is 0 Å². The van der Waals surface area contributed by atoms with Crippen molar-refractivity contribution in [1.82, 2.24) is 4.90 Å². The molecule has 1 fully saturated rings. The van der Waals surface area contributed by atoms with Crippen LogP contribution in [0.2, 0.25) is 0 Å². The minimum Gasteiger partial charge on any atom is -0.393 e. The zero-order valence-corrected chi connectivity index (χ0v) is 11.6. The highest BCUT2D eigenvalue weighted by Crippen LogP contribution is 2.32. The highest BCUT2D eigenvalue weighted by atomic mass is 19.4. The van der Waals surface area contributed by atoms with Crippen LogP contribution >= 0.6 is 0 Å². The second kappa shape index (κ2) is 6.47. The molecule has 1 atom stereocenters. The van der Waals surface area contributed by atoms with Crippen LogP contribution in [0, 0.1) is 0 Å². The van der Waals surface area contributed by atoms with Crippen LogP contribution in [0.5, 0.6) is 0 Å². The number of nitrogens with zero attached hydrogens (tertiary/aromatic N) is 1. The number of rotatable bonds is 2. The Bertz CT molecular complexity index is 502. The number of benzene rings is 1. The monoisotopic (exact) mass is 301 g/mol. The third kappa shape index (κ3) is 4.20. The molecular formula is C15H18F3NO2. The fraction of sp³-hybridized carbons (Fsp3) is 0.533. The van der Waals surface area contributed by atoms with Gasteiger partial charge >= 0.3 is 6.18 Å². The molecule has 3 nitrogen and oxygen atoms in total. The van der Waals surface area contributed by atoms with E-state index in [1.165, 1.54) is 18.2 Å². The van der Waals surface area contributed by atoms with Gasteiger partial charge in [0.15, 0.2) is 0 Å². The average Bonchev–Trinajstić information content (AvgIpc) is 2.63. The van der Waals surface area contributed by atoms with Gasteiger partial charge in [-0.05, 0) is 30.9 Å². The van der Waals surface area contributed by atoms with E-state index in [0.717, 1.165) is 6.07 Å². The molecule has 0 spiro atoms. The number of aliphatic hydroxyl groups is 1. The molecule has 1 saturated heterocycles. The summed E-state index contributed by atoms with van der Waals surface area (Å²) in [4.78, 5) is 13.7. The lowest BCUT2D eigenvalue weighted by molar-refractivity contribution is -0.138. The molecule has 1 amide bonds. The van der Waals surface area contributed by atoms with Crippen molar-refractivity contribution in [2.45, 2.75) is 38.0 Å². The van der Waals surface area contributed by atoms with Gasteiger partial charge in [0.2, 0.25) is 5.91 Å². The zero-order chi connectivity index (χ0) is 15.5. The van der Waals surface area contributed by atoms with Gasteiger partial charge < -0.3 is 10.0 Å². The fourth-order valence-corrected chi connectivity index (χ4v) is 2.55. The summed E-state index contributed by atoms with van der Waals surface area (Å²) in [5, 5.41) is 9.54. The number of aliphatic hydroxyl groups excluding tert-OH is 1. The average molecular weight is 301 g/mol. The Kier molecular flexibility index (Phi) is 4.88. The van der Waals surface area contributed by atoms with E-state index in [0.29, 0.717) is 32.4 Å². The predicted octanol–water partition coefficient (Wildman–Crippen LogP) is 2.62. The maximum atomic E-state index is 12.9. The first kappa shape index (κ1) is 15.8. The molecule has 0 saturated carbocycles. The van der Waals surface area contributed by atoms with Crippen molar-refractivity contribution in [3.8, 4) is 0 Å². The molecule has 0 aromatic heterocycles. The number of hydrogen-bond acceptors (Lipinski definition) is 2. The van der Waals surface area contributed by atoms with E-state index in [-0.39, 0.29) is 17.9 Å². The molecule has 1 N–H and O–H groups in total. The molecule has 0 aliphatic carbocycles. The molecule has 1 unspecified atom stereocenters. The van der Waals surface area contributed by atoms with Gasteiger partial charge in [-0.2, -0.15) is 13.2 Å². The number of likely N-dealkylation sites (tertiary alicyclic amines) is 1. The van der Waals surface area contributed by atoms with Crippen molar-refractivity contribution in [2.24, 2.45) is 0 Å². The summed E-state index contributed by atoms with van der Waals surface area (Å²) in [6.45, 7) is 0.887. The molecule has 1 aromatic carbocycles. The molecule has 0 radical (unpaired) electrons. The standard InChI is InChI=1S/C15H18F3NO2/c16-15(17,18)13-6-2-1-4-11(13)10-14(21)19-8-3-5-12(20)7-9-19/h1-2,4,6,12,20H,3,5,7-10H2. The van der Waals surface area contributed by atoms with Gasteiger partial charge in [-0.15, -0.1) is 0 Å². The summed E-state index contributed by atoms with van der Waals surface area (Å²) in [5.41, 5.74) is -0.756. The zero-order valence-electron chi connectivity index (χ0n) is 11.6. The molecule has 21 heavy (non-hydrogen) atoms. The van der Waals surface area contributed by atoms with Gasteiger partial charge in [0.1, 0.15) is 0 Å². The van der Waals surface area contributed by atoms with Crippen LogP contribution in [0.15, 0.2) is 24.3 Å². The maximum Gasteiger partial charge on any atom is 0.416 e. The van der Waals surface area contributed by atoms with Crippen LogP contribution in [0.4, 0.5) is 13.2 Å². The number of carbonyl (C=O) groups excluding carboxylic acids is 1. The van der Waals surface area contributed by atoms with Crippen LogP contribution in [-0.2, 0) is 17.4 Å². The van der Waals surface area contributed by atoms with E-state index in [4.69, 9.17) is 0 Å². The van der Waals surface area contributed by atoms with Gasteiger partial charge in [-0.3, -0.25) is 4.79 Å². The van der Waals surface area contributed by atoms with Crippen molar-refractivity contribution < 1.29 is 23.1 Å². The van der Waals surface area contributed by atoms with Crippen molar-refractivity contribution in [3.63, 3.8) is 0 Å². The van der Waals surface area contributed by atoms with Gasteiger partial charge in [0.25, 0.3) is 0 Å². The van der Waals surface area contributed by atoms with Crippen molar-refractivity contribution in [1.29, 1.82) is 0 Å². The van der Waals surface area contributed by atoms with Crippen LogP contribution in [0.1, 0.15) is 30.4 Å². The number of hydrogen-bond donors (Lipinski definition) is 1. The normalized spacial score (nSPS) is 20.2. The molecule has 1 aliphatic rings. The lowest BCUT2D eigenvalue weighted by atomic mass is 10.0. The van der Waals surface area contributed by atoms with E-state index in [1.54, 1.807) is 4.90 Å². The van der Waals surface area contributed by atoms with E-state index >= 15 is 0 Å².